The second kappa shape index (κ2) is 5.77. The van der Waals surface area contributed by atoms with Crippen LogP contribution < -0.4 is 10.6 Å². The summed E-state index contributed by atoms with van der Waals surface area (Å²) in [6.45, 7) is 4.03. The van der Waals surface area contributed by atoms with Crippen molar-refractivity contribution in [2.45, 2.75) is 26.2 Å². The molecule has 1 saturated heterocycles. The fourth-order valence-electron chi connectivity index (χ4n) is 2.18. The van der Waals surface area contributed by atoms with E-state index in [0.29, 0.717) is 12.3 Å². The zero-order valence-corrected chi connectivity index (χ0v) is 10.2. The summed E-state index contributed by atoms with van der Waals surface area (Å²) in [6.07, 6.45) is 6.28. The maximum Gasteiger partial charge on any atom is 0.224 e. The molecule has 1 amide bonds. The predicted molar refractivity (Wildman–Crippen MR) is 67.8 cm³/mol. The van der Waals surface area contributed by atoms with Gasteiger partial charge in [-0.15, -0.1) is 0 Å². The summed E-state index contributed by atoms with van der Waals surface area (Å²) in [5, 5.41) is 6.21. The van der Waals surface area contributed by atoms with Gasteiger partial charge in [0.05, 0.1) is 11.9 Å². The molecule has 92 valence electrons. The average Bonchev–Trinajstić information content (AvgIpc) is 2.30. The highest BCUT2D eigenvalue weighted by atomic mass is 16.1. The molecule has 17 heavy (non-hydrogen) atoms. The van der Waals surface area contributed by atoms with Crippen molar-refractivity contribution in [3.05, 3.63) is 24.0 Å². The Balaban J connectivity index is 1.84. The molecule has 0 aliphatic carbocycles. The first-order chi connectivity index (χ1) is 8.24. The van der Waals surface area contributed by atoms with Gasteiger partial charge in [0.1, 0.15) is 0 Å². The van der Waals surface area contributed by atoms with Gasteiger partial charge in [0.15, 0.2) is 0 Å². The Morgan fingerprint density at radius 2 is 2.24 bits per heavy atom. The van der Waals surface area contributed by atoms with Crippen molar-refractivity contribution in [1.29, 1.82) is 0 Å². The first kappa shape index (κ1) is 12.0. The van der Waals surface area contributed by atoms with E-state index in [2.05, 4.69) is 15.6 Å². The SMILES string of the molecule is Cc1cncc(NC(=O)CC2CCNCC2)c1. The Labute approximate surface area is 102 Å². The van der Waals surface area contributed by atoms with Gasteiger partial charge in [0.25, 0.3) is 0 Å². The maximum absolute atomic E-state index is 11.8. The van der Waals surface area contributed by atoms with Crippen molar-refractivity contribution in [2.75, 3.05) is 18.4 Å². The number of amides is 1. The second-order valence-corrected chi connectivity index (χ2v) is 4.70. The third-order valence-corrected chi connectivity index (χ3v) is 3.09. The highest BCUT2D eigenvalue weighted by Gasteiger charge is 2.16. The number of hydrogen-bond donors (Lipinski definition) is 2. The van der Waals surface area contributed by atoms with Gasteiger partial charge in [0.2, 0.25) is 5.91 Å². The van der Waals surface area contributed by atoms with E-state index in [0.717, 1.165) is 37.2 Å². The number of hydrogen-bond acceptors (Lipinski definition) is 3. The van der Waals surface area contributed by atoms with Gasteiger partial charge in [-0.2, -0.15) is 0 Å². The maximum atomic E-state index is 11.8. The minimum atomic E-state index is 0.101. The minimum Gasteiger partial charge on any atom is -0.325 e. The number of nitrogens with one attached hydrogen (secondary N) is 2. The second-order valence-electron chi connectivity index (χ2n) is 4.70. The van der Waals surface area contributed by atoms with Crippen molar-refractivity contribution >= 4 is 11.6 Å². The van der Waals surface area contributed by atoms with E-state index in [4.69, 9.17) is 0 Å². The lowest BCUT2D eigenvalue weighted by Gasteiger charge is -2.21. The number of anilines is 1. The fourth-order valence-corrected chi connectivity index (χ4v) is 2.18. The van der Waals surface area contributed by atoms with E-state index in [1.54, 1.807) is 12.4 Å². The van der Waals surface area contributed by atoms with Gasteiger partial charge in [-0.25, -0.2) is 0 Å². The standard InChI is InChI=1S/C13H19N3O/c1-10-6-12(9-15-8-10)16-13(17)7-11-2-4-14-5-3-11/h6,8-9,11,14H,2-5,7H2,1H3,(H,16,17). The van der Waals surface area contributed by atoms with Crippen molar-refractivity contribution in [2.24, 2.45) is 5.92 Å². The van der Waals surface area contributed by atoms with Crippen LogP contribution in [0.5, 0.6) is 0 Å². The molecule has 4 heteroatoms. The number of nitrogens with zero attached hydrogens (tertiary/aromatic N) is 1. The molecular weight excluding hydrogens is 214 g/mol. The Hall–Kier alpha value is -1.42. The van der Waals surface area contributed by atoms with Crippen molar-refractivity contribution in [3.63, 3.8) is 0 Å². The molecule has 2 heterocycles. The fraction of sp³-hybridized carbons (Fsp3) is 0.538. The van der Waals surface area contributed by atoms with E-state index in [-0.39, 0.29) is 5.91 Å². The van der Waals surface area contributed by atoms with E-state index in [9.17, 15) is 4.79 Å². The first-order valence-corrected chi connectivity index (χ1v) is 6.16. The van der Waals surface area contributed by atoms with E-state index in [1.165, 1.54) is 0 Å². The van der Waals surface area contributed by atoms with Gasteiger partial charge in [-0.1, -0.05) is 0 Å². The molecule has 0 bridgehead atoms. The van der Waals surface area contributed by atoms with Crippen molar-refractivity contribution in [1.82, 2.24) is 10.3 Å². The highest BCUT2D eigenvalue weighted by Crippen LogP contribution is 2.17. The van der Waals surface area contributed by atoms with Crippen LogP contribution in [-0.4, -0.2) is 24.0 Å². The minimum absolute atomic E-state index is 0.101. The molecule has 1 aliphatic rings. The van der Waals surface area contributed by atoms with Crippen LogP contribution in [0, 0.1) is 12.8 Å². The number of aromatic nitrogens is 1. The van der Waals surface area contributed by atoms with Crippen LogP contribution in [0.2, 0.25) is 0 Å². The quantitative estimate of drug-likeness (QED) is 0.835. The summed E-state index contributed by atoms with van der Waals surface area (Å²) in [6, 6.07) is 1.94. The molecule has 0 aromatic carbocycles. The molecule has 1 aromatic rings. The van der Waals surface area contributed by atoms with E-state index < -0.39 is 0 Å². The summed E-state index contributed by atoms with van der Waals surface area (Å²) in [7, 11) is 0. The molecule has 0 spiro atoms. The summed E-state index contributed by atoms with van der Waals surface area (Å²) in [5.74, 6) is 0.623. The highest BCUT2D eigenvalue weighted by molar-refractivity contribution is 5.90. The van der Waals surface area contributed by atoms with Crippen LogP contribution in [0.3, 0.4) is 0 Å². The lowest BCUT2D eigenvalue weighted by Crippen LogP contribution is -2.30. The molecule has 4 nitrogen and oxygen atoms in total. The normalized spacial score (nSPS) is 16.8. The van der Waals surface area contributed by atoms with Gasteiger partial charge in [-0.3, -0.25) is 9.78 Å². The zero-order valence-electron chi connectivity index (χ0n) is 10.2. The number of aryl methyl sites for hydroxylation is 1. The molecule has 2 rings (SSSR count). The van der Waals surface area contributed by atoms with Gasteiger partial charge < -0.3 is 10.6 Å². The first-order valence-electron chi connectivity index (χ1n) is 6.16. The Morgan fingerprint density at radius 1 is 1.47 bits per heavy atom. The summed E-state index contributed by atoms with van der Waals surface area (Å²) in [4.78, 5) is 15.9. The van der Waals surface area contributed by atoms with Crippen molar-refractivity contribution in [3.8, 4) is 0 Å². The Morgan fingerprint density at radius 3 is 2.94 bits per heavy atom. The zero-order chi connectivity index (χ0) is 12.1. The van der Waals surface area contributed by atoms with E-state index >= 15 is 0 Å². The number of rotatable bonds is 3. The molecule has 1 fully saturated rings. The topological polar surface area (TPSA) is 54.0 Å². The van der Waals surface area contributed by atoms with Crippen LogP contribution in [0.25, 0.3) is 0 Å². The number of piperidine rings is 1. The van der Waals surface area contributed by atoms with Crippen LogP contribution in [0.1, 0.15) is 24.8 Å². The summed E-state index contributed by atoms with van der Waals surface area (Å²) >= 11 is 0. The molecule has 0 unspecified atom stereocenters. The Kier molecular flexibility index (Phi) is 4.09. The van der Waals surface area contributed by atoms with Gasteiger partial charge in [0, 0.05) is 12.6 Å². The predicted octanol–water partition coefficient (Wildman–Crippen LogP) is 1.72. The monoisotopic (exact) mass is 233 g/mol. The molecule has 0 atom stereocenters. The number of pyridine rings is 1. The molecule has 0 radical (unpaired) electrons. The number of carbonyl (C=O) groups excluding carboxylic acids is 1. The van der Waals surface area contributed by atoms with Crippen LogP contribution >= 0.6 is 0 Å². The third kappa shape index (κ3) is 3.82. The summed E-state index contributed by atoms with van der Waals surface area (Å²) in [5.41, 5.74) is 1.86. The molecule has 1 aliphatic heterocycles. The molecule has 0 saturated carbocycles. The smallest absolute Gasteiger partial charge is 0.224 e. The van der Waals surface area contributed by atoms with Crippen LogP contribution in [0.15, 0.2) is 18.5 Å². The largest absolute Gasteiger partial charge is 0.325 e. The van der Waals surface area contributed by atoms with Crippen LogP contribution in [-0.2, 0) is 4.79 Å². The number of carbonyl (C=O) groups is 1. The lowest BCUT2D eigenvalue weighted by atomic mass is 9.94. The third-order valence-electron chi connectivity index (χ3n) is 3.09. The van der Waals surface area contributed by atoms with Crippen molar-refractivity contribution < 1.29 is 4.79 Å². The van der Waals surface area contributed by atoms with Crippen LogP contribution in [0.4, 0.5) is 5.69 Å². The molecule has 2 N–H and O–H groups in total. The summed E-state index contributed by atoms with van der Waals surface area (Å²) < 4.78 is 0. The Bertz CT molecular complexity index is 386. The van der Waals surface area contributed by atoms with E-state index in [1.807, 2.05) is 13.0 Å². The average molecular weight is 233 g/mol. The lowest BCUT2D eigenvalue weighted by molar-refractivity contribution is -0.117. The van der Waals surface area contributed by atoms with Gasteiger partial charge >= 0.3 is 0 Å². The van der Waals surface area contributed by atoms with Gasteiger partial charge in [-0.05, 0) is 50.4 Å². The molecule has 1 aromatic heterocycles. The molecular formula is C13H19N3O.